The van der Waals surface area contributed by atoms with Crippen LogP contribution in [0.3, 0.4) is 0 Å². The van der Waals surface area contributed by atoms with Crippen molar-refractivity contribution in [1.29, 1.82) is 0 Å². The SMILES string of the molecule is CC(C)(C)OC(=O)CC1CC(Nc2c(C(=O)NCC=O)cnc3c2ccn3COCC[Si](C)(C)C)C1. The minimum Gasteiger partial charge on any atom is -0.460 e. The highest BCUT2D eigenvalue weighted by Crippen LogP contribution is 2.36. The topological polar surface area (TPSA) is 112 Å². The number of hydrogen-bond donors (Lipinski definition) is 2. The number of pyridine rings is 1. The van der Waals surface area contributed by atoms with Crippen LogP contribution in [0.1, 0.15) is 50.4 Å². The lowest BCUT2D eigenvalue weighted by molar-refractivity contribution is -0.156. The van der Waals surface area contributed by atoms with E-state index in [1.54, 1.807) is 6.20 Å². The van der Waals surface area contributed by atoms with E-state index in [1.165, 1.54) is 0 Å². The molecule has 2 heterocycles. The zero-order valence-electron chi connectivity index (χ0n) is 22.3. The first-order chi connectivity index (χ1) is 16.9. The van der Waals surface area contributed by atoms with Crippen LogP contribution < -0.4 is 10.6 Å². The average Bonchev–Trinajstić information content (AvgIpc) is 3.15. The van der Waals surface area contributed by atoms with Crippen LogP contribution in [0, 0.1) is 5.92 Å². The number of carbonyl (C=O) groups is 3. The van der Waals surface area contributed by atoms with E-state index >= 15 is 0 Å². The van der Waals surface area contributed by atoms with Crippen LogP contribution in [0.15, 0.2) is 18.5 Å². The smallest absolute Gasteiger partial charge is 0.306 e. The molecule has 0 spiro atoms. The zero-order valence-corrected chi connectivity index (χ0v) is 23.3. The van der Waals surface area contributed by atoms with Gasteiger partial charge in [0.15, 0.2) is 0 Å². The number of aromatic nitrogens is 2. The molecule has 0 unspecified atom stereocenters. The first-order valence-corrected chi connectivity index (χ1v) is 16.3. The number of carbonyl (C=O) groups excluding carboxylic acids is 3. The standard InChI is InChI=1S/C26H40N4O5Si/c1-26(2,3)35-22(32)15-18-13-19(14-18)29-23-20-7-9-30(17-34-11-12-36(4,5)6)24(20)28-16-21(23)25(33)27-8-10-31/h7,9-10,16,18-19H,8,11-15,17H2,1-6H3,(H,27,33)(H,28,29). The summed E-state index contributed by atoms with van der Waals surface area (Å²) in [6, 6.07) is 3.14. The summed E-state index contributed by atoms with van der Waals surface area (Å²) in [4.78, 5) is 40.3. The molecule has 2 aromatic rings. The van der Waals surface area contributed by atoms with Crippen molar-refractivity contribution in [3.8, 4) is 0 Å². The predicted molar refractivity (Wildman–Crippen MR) is 143 cm³/mol. The molecule has 1 aliphatic carbocycles. The molecule has 1 saturated carbocycles. The number of fused-ring (bicyclic) bond motifs is 1. The van der Waals surface area contributed by atoms with E-state index in [9.17, 15) is 14.4 Å². The number of ether oxygens (including phenoxy) is 2. The molecule has 0 atom stereocenters. The van der Waals surface area contributed by atoms with Gasteiger partial charge < -0.3 is 29.5 Å². The van der Waals surface area contributed by atoms with E-state index in [0.29, 0.717) is 37.3 Å². The van der Waals surface area contributed by atoms with Crippen LogP contribution in [-0.2, 0) is 25.8 Å². The average molecular weight is 517 g/mol. The van der Waals surface area contributed by atoms with Gasteiger partial charge in [-0.2, -0.15) is 0 Å². The molecule has 0 aliphatic heterocycles. The van der Waals surface area contributed by atoms with Gasteiger partial charge in [-0.25, -0.2) is 4.98 Å². The predicted octanol–water partition coefficient (Wildman–Crippen LogP) is 4.20. The number of esters is 1. The van der Waals surface area contributed by atoms with Crippen molar-refractivity contribution in [3.63, 3.8) is 0 Å². The second-order valence-electron chi connectivity index (χ2n) is 11.8. The van der Waals surface area contributed by atoms with E-state index in [0.717, 1.165) is 29.9 Å². The lowest BCUT2D eigenvalue weighted by Gasteiger charge is -2.37. The first kappa shape index (κ1) is 27.9. The Bertz CT molecular complexity index is 1080. The summed E-state index contributed by atoms with van der Waals surface area (Å²) in [7, 11) is -1.18. The van der Waals surface area contributed by atoms with Crippen LogP contribution in [-0.4, -0.2) is 60.6 Å². The third kappa shape index (κ3) is 7.89. The summed E-state index contributed by atoms with van der Waals surface area (Å²) in [5, 5.41) is 6.93. The monoisotopic (exact) mass is 516 g/mol. The fraction of sp³-hybridized carbons (Fsp3) is 0.615. The lowest BCUT2D eigenvalue weighted by atomic mass is 9.78. The van der Waals surface area contributed by atoms with Gasteiger partial charge >= 0.3 is 5.97 Å². The van der Waals surface area contributed by atoms with Gasteiger partial charge in [0, 0.05) is 44.9 Å². The summed E-state index contributed by atoms with van der Waals surface area (Å²) >= 11 is 0. The maximum atomic E-state index is 12.8. The highest BCUT2D eigenvalue weighted by Gasteiger charge is 2.33. The highest BCUT2D eigenvalue weighted by molar-refractivity contribution is 6.76. The fourth-order valence-corrected chi connectivity index (χ4v) is 4.94. The van der Waals surface area contributed by atoms with Gasteiger partial charge in [-0.1, -0.05) is 19.6 Å². The molecule has 1 amide bonds. The van der Waals surface area contributed by atoms with Crippen molar-refractivity contribution in [2.24, 2.45) is 5.92 Å². The van der Waals surface area contributed by atoms with Gasteiger partial charge in [0.2, 0.25) is 0 Å². The number of nitrogens with zero attached hydrogens (tertiary/aromatic N) is 2. The fourth-order valence-electron chi connectivity index (χ4n) is 4.18. The van der Waals surface area contributed by atoms with E-state index in [2.05, 4.69) is 35.3 Å². The van der Waals surface area contributed by atoms with Gasteiger partial charge in [-0.15, -0.1) is 0 Å². The first-order valence-electron chi connectivity index (χ1n) is 12.6. The summed E-state index contributed by atoms with van der Waals surface area (Å²) in [6.45, 7) is 13.6. The molecule has 0 radical (unpaired) electrons. The Morgan fingerprint density at radius 2 is 1.97 bits per heavy atom. The largest absolute Gasteiger partial charge is 0.460 e. The third-order valence-corrected chi connectivity index (χ3v) is 7.77. The van der Waals surface area contributed by atoms with Gasteiger partial charge in [0.25, 0.3) is 5.91 Å². The number of anilines is 1. The molecule has 1 aliphatic rings. The molecule has 0 aromatic carbocycles. The molecule has 3 rings (SSSR count). The Balaban J connectivity index is 1.72. The van der Waals surface area contributed by atoms with Crippen LogP contribution in [0.4, 0.5) is 5.69 Å². The van der Waals surface area contributed by atoms with Crippen LogP contribution >= 0.6 is 0 Å². The number of amides is 1. The van der Waals surface area contributed by atoms with E-state index in [4.69, 9.17) is 9.47 Å². The van der Waals surface area contributed by atoms with E-state index < -0.39 is 13.7 Å². The summed E-state index contributed by atoms with van der Waals surface area (Å²) in [5.41, 5.74) is 1.31. The Hall–Kier alpha value is -2.72. The Labute approximate surface area is 214 Å². The number of hydrogen-bond acceptors (Lipinski definition) is 7. The van der Waals surface area contributed by atoms with E-state index in [1.807, 2.05) is 37.6 Å². The zero-order chi connectivity index (χ0) is 26.5. The normalized spacial score (nSPS) is 17.9. The maximum Gasteiger partial charge on any atom is 0.306 e. The molecule has 36 heavy (non-hydrogen) atoms. The van der Waals surface area contributed by atoms with Gasteiger partial charge in [0.05, 0.1) is 17.8 Å². The number of aldehydes is 1. The quantitative estimate of drug-likeness (QED) is 0.188. The van der Waals surface area contributed by atoms with Gasteiger partial charge in [-0.3, -0.25) is 9.59 Å². The molecule has 198 valence electrons. The van der Waals surface area contributed by atoms with Gasteiger partial charge in [-0.05, 0) is 51.6 Å². The Morgan fingerprint density at radius 3 is 2.61 bits per heavy atom. The number of rotatable bonds is 12. The minimum absolute atomic E-state index is 0.0658. The summed E-state index contributed by atoms with van der Waals surface area (Å²) in [6.07, 6.45) is 6.10. The van der Waals surface area contributed by atoms with Crippen molar-refractivity contribution in [1.82, 2.24) is 14.9 Å². The highest BCUT2D eigenvalue weighted by atomic mass is 28.3. The Kier molecular flexibility index (Phi) is 8.94. The summed E-state index contributed by atoms with van der Waals surface area (Å²) in [5.74, 6) is -0.300. The Morgan fingerprint density at radius 1 is 1.25 bits per heavy atom. The molecule has 9 nitrogen and oxygen atoms in total. The van der Waals surface area contributed by atoms with Crippen molar-refractivity contribution in [3.05, 3.63) is 24.0 Å². The van der Waals surface area contributed by atoms with Crippen LogP contribution in [0.25, 0.3) is 11.0 Å². The molecule has 2 aromatic heterocycles. The molecule has 0 saturated heterocycles. The van der Waals surface area contributed by atoms with Crippen molar-refractivity contribution >= 4 is 43.0 Å². The molecular formula is C26H40N4O5Si. The second kappa shape index (κ2) is 11.6. The maximum absolute atomic E-state index is 12.8. The van der Waals surface area contributed by atoms with Crippen molar-refractivity contribution < 1.29 is 23.9 Å². The molecule has 1 fully saturated rings. The van der Waals surface area contributed by atoms with Gasteiger partial charge in [0.1, 0.15) is 24.3 Å². The second-order valence-corrected chi connectivity index (χ2v) is 17.4. The summed E-state index contributed by atoms with van der Waals surface area (Å²) < 4.78 is 13.3. The van der Waals surface area contributed by atoms with E-state index in [-0.39, 0.29) is 30.4 Å². The molecule has 2 N–H and O–H groups in total. The molecular weight excluding hydrogens is 476 g/mol. The van der Waals surface area contributed by atoms with Crippen LogP contribution in [0.5, 0.6) is 0 Å². The minimum atomic E-state index is -1.18. The van der Waals surface area contributed by atoms with Crippen LogP contribution in [0.2, 0.25) is 25.7 Å². The van der Waals surface area contributed by atoms with Crippen molar-refractivity contribution in [2.75, 3.05) is 18.5 Å². The van der Waals surface area contributed by atoms with Crippen molar-refractivity contribution in [2.45, 2.75) is 84.1 Å². The number of nitrogens with one attached hydrogen (secondary N) is 2. The molecule has 0 bridgehead atoms. The third-order valence-electron chi connectivity index (χ3n) is 6.07. The lowest BCUT2D eigenvalue weighted by Crippen LogP contribution is -2.38. The molecule has 10 heteroatoms.